The van der Waals surface area contributed by atoms with Gasteiger partial charge in [0.2, 0.25) is 10.0 Å². The molecule has 7 heteroatoms. The Morgan fingerprint density at radius 1 is 0.786 bits per heavy atom. The second kappa shape index (κ2) is 7.61. The van der Waals surface area contributed by atoms with Crippen molar-refractivity contribution < 1.29 is 16.8 Å². The van der Waals surface area contributed by atoms with Gasteiger partial charge in [0, 0.05) is 12.1 Å². The van der Waals surface area contributed by atoms with Crippen LogP contribution in [0.3, 0.4) is 0 Å². The lowest BCUT2D eigenvalue weighted by Crippen LogP contribution is -2.50. The zero-order valence-corrected chi connectivity index (χ0v) is 17.3. The van der Waals surface area contributed by atoms with Crippen molar-refractivity contribution in [1.29, 1.82) is 0 Å². The molecule has 0 radical (unpaired) electrons. The smallest absolute Gasteiger partial charge is 0.214 e. The molecule has 2 atom stereocenters. The third-order valence-electron chi connectivity index (χ3n) is 5.95. The van der Waals surface area contributed by atoms with E-state index in [0.717, 1.165) is 18.4 Å². The maximum atomic E-state index is 13.0. The predicted octanol–water partition coefficient (Wildman–Crippen LogP) is 3.03. The molecule has 2 aliphatic rings. The van der Waals surface area contributed by atoms with Crippen molar-refractivity contribution in [2.75, 3.05) is 5.75 Å². The monoisotopic (exact) mass is 419 g/mol. The summed E-state index contributed by atoms with van der Waals surface area (Å²) in [5.74, 6) is 0.0696. The summed E-state index contributed by atoms with van der Waals surface area (Å²) >= 11 is 0. The van der Waals surface area contributed by atoms with Gasteiger partial charge < -0.3 is 0 Å². The lowest BCUT2D eigenvalue weighted by molar-refractivity contribution is 0.249. The normalized spacial score (nSPS) is 25.6. The van der Waals surface area contributed by atoms with Gasteiger partial charge in [-0.2, -0.15) is 4.31 Å². The number of sulfonamides is 1. The highest BCUT2D eigenvalue weighted by Gasteiger charge is 2.49. The summed E-state index contributed by atoms with van der Waals surface area (Å²) in [6.45, 7) is 0. The zero-order valence-electron chi connectivity index (χ0n) is 15.6. The van der Waals surface area contributed by atoms with E-state index in [4.69, 9.17) is 0 Å². The van der Waals surface area contributed by atoms with Gasteiger partial charge in [0.1, 0.15) is 0 Å². The molecule has 2 fully saturated rings. The maximum absolute atomic E-state index is 13.0. The van der Waals surface area contributed by atoms with Gasteiger partial charge in [0.05, 0.1) is 15.9 Å². The van der Waals surface area contributed by atoms with Crippen molar-refractivity contribution in [1.82, 2.24) is 4.31 Å². The fourth-order valence-electron chi connectivity index (χ4n) is 4.59. The number of benzene rings is 2. The minimum Gasteiger partial charge on any atom is -0.223 e. The van der Waals surface area contributed by atoms with Crippen molar-refractivity contribution >= 4 is 19.9 Å². The van der Waals surface area contributed by atoms with Crippen LogP contribution in [-0.2, 0) is 26.3 Å². The van der Waals surface area contributed by atoms with E-state index in [1.54, 1.807) is 34.6 Å². The number of piperidine rings is 1. The summed E-state index contributed by atoms with van der Waals surface area (Å²) < 4.78 is 53.7. The number of fused-ring (bicyclic) bond motifs is 2. The van der Waals surface area contributed by atoms with E-state index in [9.17, 15) is 16.8 Å². The van der Waals surface area contributed by atoms with Gasteiger partial charge in [0.25, 0.3) is 0 Å². The third-order valence-corrected chi connectivity index (χ3v) is 10.1. The van der Waals surface area contributed by atoms with Gasteiger partial charge in [-0.25, -0.2) is 16.8 Å². The molecule has 0 N–H and O–H groups in total. The van der Waals surface area contributed by atoms with Crippen molar-refractivity contribution in [3.63, 3.8) is 0 Å². The van der Waals surface area contributed by atoms with Crippen LogP contribution in [0.5, 0.6) is 0 Å². The van der Waals surface area contributed by atoms with Crippen LogP contribution in [0, 0.1) is 0 Å². The molecule has 150 valence electrons. The maximum Gasteiger partial charge on any atom is 0.214 e. The van der Waals surface area contributed by atoms with Crippen LogP contribution in [0.25, 0.3) is 0 Å². The molecular weight excluding hydrogens is 394 g/mol. The van der Waals surface area contributed by atoms with Crippen molar-refractivity contribution in [2.24, 2.45) is 0 Å². The summed E-state index contributed by atoms with van der Waals surface area (Å²) in [4.78, 5) is 0.333. The van der Waals surface area contributed by atoms with E-state index in [1.807, 2.05) is 30.3 Å². The largest absolute Gasteiger partial charge is 0.223 e. The molecule has 2 aliphatic heterocycles. The van der Waals surface area contributed by atoms with Crippen LogP contribution in [-0.4, -0.2) is 44.2 Å². The molecule has 0 amide bonds. The second-order valence-corrected chi connectivity index (χ2v) is 11.9. The van der Waals surface area contributed by atoms with Crippen LogP contribution in [0.1, 0.15) is 31.2 Å². The fourth-order valence-corrected chi connectivity index (χ4v) is 8.46. The number of hydrogen-bond acceptors (Lipinski definition) is 4. The molecule has 2 aromatic carbocycles. The Kier molecular flexibility index (Phi) is 5.33. The Bertz CT molecular complexity index is 1010. The molecule has 2 aromatic rings. The van der Waals surface area contributed by atoms with Crippen LogP contribution < -0.4 is 0 Å². The van der Waals surface area contributed by atoms with Crippen LogP contribution in [0.15, 0.2) is 65.6 Å². The Balaban J connectivity index is 1.49. The van der Waals surface area contributed by atoms with Crippen molar-refractivity contribution in [3.05, 3.63) is 66.2 Å². The first-order valence-corrected chi connectivity index (χ1v) is 12.9. The highest BCUT2D eigenvalue weighted by molar-refractivity contribution is 7.92. The third kappa shape index (κ3) is 3.75. The highest BCUT2D eigenvalue weighted by atomic mass is 32.2. The minimum atomic E-state index is -3.43. The van der Waals surface area contributed by atoms with Crippen LogP contribution in [0.4, 0.5) is 0 Å². The first-order valence-electron chi connectivity index (χ1n) is 9.72. The quantitative estimate of drug-likeness (QED) is 0.722. The van der Waals surface area contributed by atoms with E-state index in [2.05, 4.69) is 0 Å². The van der Waals surface area contributed by atoms with E-state index < -0.39 is 25.1 Å². The summed E-state index contributed by atoms with van der Waals surface area (Å²) in [7, 11) is -6.85. The molecule has 0 aliphatic carbocycles. The van der Waals surface area contributed by atoms with E-state index in [-0.39, 0.29) is 17.8 Å². The average molecular weight is 420 g/mol. The van der Waals surface area contributed by atoms with E-state index in [0.29, 0.717) is 24.2 Å². The number of aryl methyl sites for hydroxylation is 1. The van der Waals surface area contributed by atoms with Crippen LogP contribution >= 0.6 is 0 Å². The van der Waals surface area contributed by atoms with Crippen LogP contribution in [0.2, 0.25) is 0 Å². The van der Waals surface area contributed by atoms with Gasteiger partial charge in [-0.15, -0.1) is 0 Å². The number of rotatable bonds is 6. The Morgan fingerprint density at radius 2 is 1.32 bits per heavy atom. The Labute approximate surface area is 167 Å². The lowest BCUT2D eigenvalue weighted by atomic mass is 10.1. The van der Waals surface area contributed by atoms with Crippen molar-refractivity contribution in [2.45, 2.75) is 54.3 Å². The molecule has 0 aromatic heterocycles. The summed E-state index contributed by atoms with van der Waals surface area (Å²) in [6, 6.07) is 17.7. The minimum absolute atomic E-state index is 0.0696. The topological polar surface area (TPSA) is 71.5 Å². The summed E-state index contributed by atoms with van der Waals surface area (Å²) in [5.41, 5.74) is 1.000. The van der Waals surface area contributed by atoms with E-state index in [1.165, 1.54) is 0 Å². The second-order valence-electron chi connectivity index (χ2n) is 7.72. The predicted molar refractivity (Wildman–Crippen MR) is 109 cm³/mol. The fraction of sp³-hybridized carbons (Fsp3) is 0.429. The molecule has 28 heavy (non-hydrogen) atoms. The number of nitrogens with zero attached hydrogens (tertiary/aromatic N) is 1. The van der Waals surface area contributed by atoms with E-state index >= 15 is 0 Å². The Hall–Kier alpha value is -1.70. The zero-order chi connectivity index (χ0) is 19.8. The first-order chi connectivity index (χ1) is 13.4. The van der Waals surface area contributed by atoms with Crippen molar-refractivity contribution in [3.8, 4) is 0 Å². The molecule has 5 nitrogen and oxygen atoms in total. The highest BCUT2D eigenvalue weighted by Crippen LogP contribution is 2.41. The number of sulfone groups is 1. The number of hydrogen-bond donors (Lipinski definition) is 0. The SMILES string of the molecule is O=S(=O)(c1ccccc1)C1CC2CCC(C1)N2S(=O)(=O)CCc1ccccc1. The molecule has 4 rings (SSSR count). The van der Waals surface area contributed by atoms with Gasteiger partial charge in [-0.05, 0) is 49.8 Å². The summed E-state index contributed by atoms with van der Waals surface area (Å²) in [6.07, 6.45) is 2.74. The van der Waals surface area contributed by atoms with Gasteiger partial charge in [-0.1, -0.05) is 48.5 Å². The molecule has 2 unspecified atom stereocenters. The lowest BCUT2D eigenvalue weighted by Gasteiger charge is -2.37. The van der Waals surface area contributed by atoms with Gasteiger partial charge in [0.15, 0.2) is 9.84 Å². The molecule has 0 spiro atoms. The summed E-state index contributed by atoms with van der Waals surface area (Å²) in [5, 5.41) is -0.507. The molecule has 2 heterocycles. The Morgan fingerprint density at radius 3 is 1.89 bits per heavy atom. The molecule has 0 saturated carbocycles. The van der Waals surface area contributed by atoms with Gasteiger partial charge >= 0.3 is 0 Å². The van der Waals surface area contributed by atoms with Gasteiger partial charge in [-0.3, -0.25) is 0 Å². The standard InChI is InChI=1S/C21H25NO4S2/c23-27(24,14-13-17-7-3-1-4-8-17)22-18-11-12-19(22)16-21(15-18)28(25,26)20-9-5-2-6-10-20/h1-10,18-19,21H,11-16H2. The molecular formula is C21H25NO4S2. The average Bonchev–Trinajstić information content (AvgIpc) is 2.99. The molecule has 2 saturated heterocycles. The molecule has 2 bridgehead atoms. The first kappa shape index (κ1) is 19.6.